The van der Waals surface area contributed by atoms with Crippen molar-refractivity contribution in [3.8, 4) is 11.5 Å². The van der Waals surface area contributed by atoms with E-state index in [0.29, 0.717) is 19.3 Å². The molecule has 0 radical (unpaired) electrons. The summed E-state index contributed by atoms with van der Waals surface area (Å²) in [6.45, 7) is 6.29. The Morgan fingerprint density at radius 1 is 0.905 bits per heavy atom. The molecule has 21 heavy (non-hydrogen) atoms. The maximum atomic E-state index is 5.74. The van der Waals surface area contributed by atoms with Crippen LogP contribution in [0.2, 0.25) is 0 Å². The van der Waals surface area contributed by atoms with Crippen molar-refractivity contribution >= 4 is 0 Å². The number of benzene rings is 2. The van der Waals surface area contributed by atoms with Crippen LogP contribution in [0.1, 0.15) is 25.5 Å². The summed E-state index contributed by atoms with van der Waals surface area (Å²) in [6.07, 6.45) is 0. The molecule has 1 unspecified atom stereocenters. The van der Waals surface area contributed by atoms with Crippen molar-refractivity contribution in [2.24, 2.45) is 0 Å². The predicted octanol–water partition coefficient (Wildman–Crippen LogP) is 3.81. The van der Waals surface area contributed by atoms with Gasteiger partial charge in [-0.3, -0.25) is 0 Å². The Labute approximate surface area is 126 Å². The number of hydrogen-bond acceptors (Lipinski definition) is 3. The van der Waals surface area contributed by atoms with Crippen molar-refractivity contribution in [2.75, 3.05) is 19.8 Å². The lowest BCUT2D eigenvalue weighted by Gasteiger charge is -2.14. The SMILES string of the molecule is CCNC(C)c1cccc(OCCOc2ccccc2)c1. The van der Waals surface area contributed by atoms with Gasteiger partial charge in [-0.2, -0.15) is 0 Å². The molecule has 0 aliphatic heterocycles. The Morgan fingerprint density at radius 2 is 1.57 bits per heavy atom. The highest BCUT2D eigenvalue weighted by molar-refractivity contribution is 5.30. The van der Waals surface area contributed by atoms with Gasteiger partial charge in [0.25, 0.3) is 0 Å². The molecule has 3 nitrogen and oxygen atoms in total. The van der Waals surface area contributed by atoms with Gasteiger partial charge in [-0.15, -0.1) is 0 Å². The molecular weight excluding hydrogens is 262 g/mol. The quantitative estimate of drug-likeness (QED) is 0.748. The van der Waals surface area contributed by atoms with Crippen molar-refractivity contribution in [1.29, 1.82) is 0 Å². The van der Waals surface area contributed by atoms with E-state index in [1.807, 2.05) is 42.5 Å². The van der Waals surface area contributed by atoms with Crippen LogP contribution in [-0.4, -0.2) is 19.8 Å². The van der Waals surface area contributed by atoms with Gasteiger partial charge < -0.3 is 14.8 Å². The lowest BCUT2D eigenvalue weighted by molar-refractivity contribution is 0.217. The van der Waals surface area contributed by atoms with Crippen molar-refractivity contribution in [1.82, 2.24) is 5.32 Å². The molecule has 2 aromatic rings. The highest BCUT2D eigenvalue weighted by Crippen LogP contribution is 2.19. The first kappa shape index (κ1) is 15.4. The first-order valence-electron chi connectivity index (χ1n) is 7.43. The van der Waals surface area contributed by atoms with Gasteiger partial charge in [-0.25, -0.2) is 0 Å². The summed E-state index contributed by atoms with van der Waals surface area (Å²) in [6, 6.07) is 18.3. The van der Waals surface area contributed by atoms with Crippen LogP contribution < -0.4 is 14.8 Å². The lowest BCUT2D eigenvalue weighted by Crippen LogP contribution is -2.17. The fourth-order valence-corrected chi connectivity index (χ4v) is 2.13. The van der Waals surface area contributed by atoms with Gasteiger partial charge in [-0.1, -0.05) is 37.3 Å². The van der Waals surface area contributed by atoms with E-state index < -0.39 is 0 Å². The molecule has 0 aliphatic carbocycles. The summed E-state index contributed by atoms with van der Waals surface area (Å²) in [5.74, 6) is 1.75. The van der Waals surface area contributed by atoms with Crippen molar-refractivity contribution < 1.29 is 9.47 Å². The summed E-state index contributed by atoms with van der Waals surface area (Å²) in [5.41, 5.74) is 1.23. The molecule has 0 heterocycles. The van der Waals surface area contributed by atoms with Crippen LogP contribution >= 0.6 is 0 Å². The van der Waals surface area contributed by atoms with Crippen LogP contribution in [-0.2, 0) is 0 Å². The second-order valence-corrected chi connectivity index (χ2v) is 4.86. The highest BCUT2D eigenvalue weighted by Gasteiger charge is 2.04. The molecule has 0 bridgehead atoms. The van der Waals surface area contributed by atoms with Crippen LogP contribution in [0, 0.1) is 0 Å². The Balaban J connectivity index is 1.79. The van der Waals surface area contributed by atoms with Gasteiger partial charge in [0, 0.05) is 6.04 Å². The van der Waals surface area contributed by atoms with E-state index in [0.717, 1.165) is 18.0 Å². The Bertz CT molecular complexity index is 528. The minimum atomic E-state index is 0.333. The Morgan fingerprint density at radius 3 is 2.29 bits per heavy atom. The van der Waals surface area contributed by atoms with E-state index >= 15 is 0 Å². The van der Waals surface area contributed by atoms with E-state index in [1.54, 1.807) is 0 Å². The minimum Gasteiger partial charge on any atom is -0.490 e. The number of ether oxygens (including phenoxy) is 2. The third-order valence-corrected chi connectivity index (χ3v) is 3.23. The van der Waals surface area contributed by atoms with Crippen molar-refractivity contribution in [2.45, 2.75) is 19.9 Å². The monoisotopic (exact) mass is 285 g/mol. The number of para-hydroxylation sites is 1. The van der Waals surface area contributed by atoms with E-state index in [4.69, 9.17) is 9.47 Å². The average Bonchev–Trinajstić information content (AvgIpc) is 2.53. The zero-order valence-corrected chi connectivity index (χ0v) is 12.7. The summed E-state index contributed by atoms with van der Waals surface area (Å²) in [4.78, 5) is 0. The fourth-order valence-electron chi connectivity index (χ4n) is 2.13. The van der Waals surface area contributed by atoms with E-state index in [9.17, 15) is 0 Å². The van der Waals surface area contributed by atoms with Gasteiger partial charge in [0.2, 0.25) is 0 Å². The topological polar surface area (TPSA) is 30.5 Å². The van der Waals surface area contributed by atoms with Crippen molar-refractivity contribution in [3.05, 3.63) is 60.2 Å². The van der Waals surface area contributed by atoms with Gasteiger partial charge in [0.1, 0.15) is 24.7 Å². The van der Waals surface area contributed by atoms with Gasteiger partial charge in [0.15, 0.2) is 0 Å². The number of rotatable bonds is 8. The largest absolute Gasteiger partial charge is 0.490 e. The van der Waals surface area contributed by atoms with Crippen molar-refractivity contribution in [3.63, 3.8) is 0 Å². The molecular formula is C18H23NO2. The van der Waals surface area contributed by atoms with Gasteiger partial charge in [-0.05, 0) is 43.3 Å². The van der Waals surface area contributed by atoms with Crippen LogP contribution in [0.15, 0.2) is 54.6 Å². The van der Waals surface area contributed by atoms with E-state index in [2.05, 4.69) is 31.3 Å². The molecule has 0 saturated heterocycles. The molecule has 0 aliphatic rings. The zero-order chi connectivity index (χ0) is 14.9. The highest BCUT2D eigenvalue weighted by atomic mass is 16.5. The molecule has 0 spiro atoms. The van der Waals surface area contributed by atoms with Crippen LogP contribution in [0.3, 0.4) is 0 Å². The summed E-state index contributed by atoms with van der Waals surface area (Å²) in [7, 11) is 0. The van der Waals surface area contributed by atoms with Gasteiger partial charge in [0.05, 0.1) is 0 Å². The predicted molar refractivity (Wildman–Crippen MR) is 86.0 cm³/mol. The van der Waals surface area contributed by atoms with E-state index in [1.165, 1.54) is 5.56 Å². The summed E-state index contributed by atoms with van der Waals surface area (Å²) >= 11 is 0. The summed E-state index contributed by atoms with van der Waals surface area (Å²) < 4.78 is 11.4. The average molecular weight is 285 g/mol. The Kier molecular flexibility index (Phi) is 6.10. The maximum absolute atomic E-state index is 5.74. The van der Waals surface area contributed by atoms with Gasteiger partial charge >= 0.3 is 0 Å². The molecule has 0 amide bonds. The molecule has 112 valence electrons. The van der Waals surface area contributed by atoms with Crippen LogP contribution in [0.5, 0.6) is 11.5 Å². The smallest absolute Gasteiger partial charge is 0.122 e. The zero-order valence-electron chi connectivity index (χ0n) is 12.7. The molecule has 1 N–H and O–H groups in total. The third kappa shape index (κ3) is 5.12. The summed E-state index contributed by atoms with van der Waals surface area (Å²) in [5, 5.41) is 3.40. The van der Waals surface area contributed by atoms with Crippen LogP contribution in [0.25, 0.3) is 0 Å². The Hall–Kier alpha value is -2.00. The second kappa shape index (κ2) is 8.32. The lowest BCUT2D eigenvalue weighted by atomic mass is 10.1. The molecule has 3 heteroatoms. The molecule has 1 atom stereocenters. The second-order valence-electron chi connectivity index (χ2n) is 4.86. The first-order valence-corrected chi connectivity index (χ1v) is 7.43. The molecule has 0 saturated carbocycles. The molecule has 2 rings (SSSR count). The fraction of sp³-hybridized carbons (Fsp3) is 0.333. The molecule has 0 fully saturated rings. The third-order valence-electron chi connectivity index (χ3n) is 3.23. The maximum Gasteiger partial charge on any atom is 0.122 e. The normalized spacial score (nSPS) is 11.9. The number of nitrogens with one attached hydrogen (secondary N) is 1. The van der Waals surface area contributed by atoms with E-state index in [-0.39, 0.29) is 0 Å². The standard InChI is InChI=1S/C18H23NO2/c1-3-19-15(2)16-8-7-11-18(14-16)21-13-12-20-17-9-5-4-6-10-17/h4-11,14-15,19H,3,12-13H2,1-2H3. The molecule has 2 aromatic carbocycles. The first-order chi connectivity index (χ1) is 10.3. The molecule has 0 aromatic heterocycles. The van der Waals surface area contributed by atoms with Crippen LogP contribution in [0.4, 0.5) is 0 Å². The number of hydrogen-bond donors (Lipinski definition) is 1. The minimum absolute atomic E-state index is 0.333.